The minimum Gasteiger partial charge on any atom is -0.358 e. The average molecular weight is 255 g/mol. The summed E-state index contributed by atoms with van der Waals surface area (Å²) >= 11 is 0. The Labute approximate surface area is 113 Å². The van der Waals surface area contributed by atoms with Crippen molar-refractivity contribution in [2.75, 3.05) is 0 Å². The fourth-order valence-corrected chi connectivity index (χ4v) is 2.17. The van der Waals surface area contributed by atoms with Crippen molar-refractivity contribution in [2.45, 2.75) is 20.8 Å². The standard InChI is InChI=1S/C15H12FN.C2H6/c1-10-9-12-3-2-4-14(15(12)17-10)11-5-7-13(16)8-6-11;1-2/h2-9,17H,1H3;1-2H3. The fourth-order valence-electron chi connectivity index (χ4n) is 2.17. The first kappa shape index (κ1) is 13.3. The van der Waals surface area contributed by atoms with E-state index in [4.69, 9.17) is 0 Å². The van der Waals surface area contributed by atoms with Gasteiger partial charge in [0.25, 0.3) is 0 Å². The van der Waals surface area contributed by atoms with Gasteiger partial charge in [0.2, 0.25) is 0 Å². The number of fused-ring (bicyclic) bond motifs is 1. The van der Waals surface area contributed by atoms with E-state index in [1.54, 1.807) is 12.1 Å². The van der Waals surface area contributed by atoms with Crippen LogP contribution in [0.3, 0.4) is 0 Å². The molecule has 1 nitrogen and oxygen atoms in total. The summed E-state index contributed by atoms with van der Waals surface area (Å²) in [7, 11) is 0. The van der Waals surface area contributed by atoms with Gasteiger partial charge in [0, 0.05) is 16.6 Å². The normalized spacial score (nSPS) is 10.1. The molecule has 3 rings (SSSR count). The largest absolute Gasteiger partial charge is 0.358 e. The summed E-state index contributed by atoms with van der Waals surface area (Å²) < 4.78 is 12.9. The van der Waals surface area contributed by atoms with Crippen LogP contribution in [-0.4, -0.2) is 4.98 Å². The lowest BCUT2D eigenvalue weighted by atomic mass is 10.0. The number of H-pyrrole nitrogens is 1. The number of aromatic amines is 1. The third-order valence-electron chi connectivity index (χ3n) is 2.95. The van der Waals surface area contributed by atoms with E-state index in [2.05, 4.69) is 17.1 Å². The second kappa shape index (κ2) is 5.70. The number of para-hydroxylation sites is 1. The second-order valence-corrected chi connectivity index (χ2v) is 4.23. The van der Waals surface area contributed by atoms with Crippen LogP contribution in [-0.2, 0) is 0 Å². The van der Waals surface area contributed by atoms with Crippen molar-refractivity contribution in [1.29, 1.82) is 0 Å². The van der Waals surface area contributed by atoms with Gasteiger partial charge >= 0.3 is 0 Å². The maximum Gasteiger partial charge on any atom is 0.123 e. The molecule has 1 heterocycles. The Morgan fingerprint density at radius 3 is 2.32 bits per heavy atom. The van der Waals surface area contributed by atoms with Crippen molar-refractivity contribution in [1.82, 2.24) is 4.98 Å². The molecule has 0 amide bonds. The van der Waals surface area contributed by atoms with E-state index in [0.717, 1.165) is 22.3 Å². The first-order valence-electron chi connectivity index (χ1n) is 6.58. The first-order valence-corrected chi connectivity index (χ1v) is 6.58. The Morgan fingerprint density at radius 2 is 1.63 bits per heavy atom. The summed E-state index contributed by atoms with van der Waals surface area (Å²) in [6, 6.07) is 14.8. The number of hydrogen-bond donors (Lipinski definition) is 1. The molecule has 0 unspecified atom stereocenters. The molecule has 98 valence electrons. The average Bonchev–Trinajstić information content (AvgIpc) is 2.82. The van der Waals surface area contributed by atoms with E-state index in [9.17, 15) is 4.39 Å². The van der Waals surface area contributed by atoms with Crippen molar-refractivity contribution in [3.63, 3.8) is 0 Å². The molecule has 3 aromatic rings. The van der Waals surface area contributed by atoms with Crippen LogP contribution in [0.15, 0.2) is 48.5 Å². The molecule has 0 radical (unpaired) electrons. The first-order chi connectivity index (χ1) is 9.24. The van der Waals surface area contributed by atoms with Crippen molar-refractivity contribution in [3.8, 4) is 11.1 Å². The zero-order valence-electron chi connectivity index (χ0n) is 11.5. The van der Waals surface area contributed by atoms with E-state index < -0.39 is 0 Å². The Kier molecular flexibility index (Phi) is 4.00. The third kappa shape index (κ3) is 2.68. The van der Waals surface area contributed by atoms with Gasteiger partial charge in [-0.3, -0.25) is 0 Å². The van der Waals surface area contributed by atoms with Gasteiger partial charge in [-0.15, -0.1) is 0 Å². The van der Waals surface area contributed by atoms with Crippen molar-refractivity contribution in [3.05, 3.63) is 60.0 Å². The second-order valence-electron chi connectivity index (χ2n) is 4.23. The monoisotopic (exact) mass is 255 g/mol. The zero-order chi connectivity index (χ0) is 13.8. The van der Waals surface area contributed by atoms with Crippen molar-refractivity contribution < 1.29 is 4.39 Å². The van der Waals surface area contributed by atoms with E-state index in [1.807, 2.05) is 32.9 Å². The molecule has 0 saturated heterocycles. The van der Waals surface area contributed by atoms with Crippen LogP contribution in [0.4, 0.5) is 4.39 Å². The van der Waals surface area contributed by atoms with Gasteiger partial charge < -0.3 is 4.98 Å². The smallest absolute Gasteiger partial charge is 0.123 e. The number of rotatable bonds is 1. The van der Waals surface area contributed by atoms with Crippen molar-refractivity contribution >= 4 is 10.9 Å². The van der Waals surface area contributed by atoms with Gasteiger partial charge in [-0.05, 0) is 30.7 Å². The maximum absolute atomic E-state index is 12.9. The number of hydrogen-bond acceptors (Lipinski definition) is 0. The lowest BCUT2D eigenvalue weighted by molar-refractivity contribution is 0.628. The molecular weight excluding hydrogens is 237 g/mol. The van der Waals surface area contributed by atoms with Gasteiger partial charge in [0.15, 0.2) is 0 Å². The highest BCUT2D eigenvalue weighted by molar-refractivity contribution is 5.94. The SMILES string of the molecule is CC.Cc1cc2cccc(-c3ccc(F)cc3)c2[nH]1. The van der Waals surface area contributed by atoms with Crippen LogP contribution in [0.2, 0.25) is 0 Å². The summed E-state index contributed by atoms with van der Waals surface area (Å²) in [6.07, 6.45) is 0. The molecule has 0 atom stereocenters. The molecular formula is C17H18FN. The molecule has 0 aliphatic heterocycles. The Hall–Kier alpha value is -2.09. The molecule has 0 aliphatic carbocycles. The topological polar surface area (TPSA) is 15.8 Å². The van der Waals surface area contributed by atoms with Gasteiger partial charge in [-0.1, -0.05) is 44.2 Å². The Morgan fingerprint density at radius 1 is 0.947 bits per heavy atom. The summed E-state index contributed by atoms with van der Waals surface area (Å²) in [4.78, 5) is 3.35. The van der Waals surface area contributed by atoms with Crippen LogP contribution >= 0.6 is 0 Å². The number of nitrogens with one attached hydrogen (secondary N) is 1. The van der Waals surface area contributed by atoms with Gasteiger partial charge in [-0.25, -0.2) is 4.39 Å². The number of benzene rings is 2. The zero-order valence-corrected chi connectivity index (χ0v) is 11.5. The highest BCUT2D eigenvalue weighted by Crippen LogP contribution is 2.28. The molecule has 0 saturated carbocycles. The molecule has 0 spiro atoms. The van der Waals surface area contributed by atoms with E-state index in [0.29, 0.717) is 0 Å². The summed E-state index contributed by atoms with van der Waals surface area (Å²) in [5.41, 5.74) is 4.38. The molecule has 19 heavy (non-hydrogen) atoms. The molecule has 2 aromatic carbocycles. The highest BCUT2D eigenvalue weighted by atomic mass is 19.1. The van der Waals surface area contributed by atoms with E-state index in [-0.39, 0.29) is 5.82 Å². The molecule has 1 aromatic heterocycles. The third-order valence-corrected chi connectivity index (χ3v) is 2.95. The lowest BCUT2D eigenvalue weighted by Gasteiger charge is -2.03. The Bertz CT molecular complexity index is 665. The lowest BCUT2D eigenvalue weighted by Crippen LogP contribution is -1.81. The molecule has 0 fully saturated rings. The van der Waals surface area contributed by atoms with Crippen LogP contribution in [0, 0.1) is 12.7 Å². The maximum atomic E-state index is 12.9. The molecule has 1 N–H and O–H groups in total. The highest BCUT2D eigenvalue weighted by Gasteiger charge is 2.05. The van der Waals surface area contributed by atoms with E-state index in [1.165, 1.54) is 17.5 Å². The van der Waals surface area contributed by atoms with Gasteiger partial charge in [0.05, 0.1) is 5.52 Å². The molecule has 0 aliphatic rings. The summed E-state index contributed by atoms with van der Waals surface area (Å²) in [6.45, 7) is 6.04. The predicted molar refractivity (Wildman–Crippen MR) is 79.8 cm³/mol. The minimum absolute atomic E-state index is 0.205. The number of aromatic nitrogens is 1. The fraction of sp³-hybridized carbons (Fsp3) is 0.176. The number of aryl methyl sites for hydroxylation is 1. The Balaban J connectivity index is 0.000000637. The van der Waals surface area contributed by atoms with Crippen LogP contribution in [0.25, 0.3) is 22.0 Å². The van der Waals surface area contributed by atoms with Crippen molar-refractivity contribution in [2.24, 2.45) is 0 Å². The van der Waals surface area contributed by atoms with Crippen LogP contribution < -0.4 is 0 Å². The molecule has 0 bridgehead atoms. The van der Waals surface area contributed by atoms with Gasteiger partial charge in [-0.2, -0.15) is 0 Å². The summed E-state index contributed by atoms with van der Waals surface area (Å²) in [5.74, 6) is -0.205. The molecule has 2 heteroatoms. The quantitative estimate of drug-likeness (QED) is 0.606. The summed E-state index contributed by atoms with van der Waals surface area (Å²) in [5, 5.41) is 1.18. The number of halogens is 1. The van der Waals surface area contributed by atoms with Gasteiger partial charge in [0.1, 0.15) is 5.82 Å². The van der Waals surface area contributed by atoms with Crippen LogP contribution in [0.5, 0.6) is 0 Å². The predicted octanol–water partition coefficient (Wildman–Crippen LogP) is 5.31. The minimum atomic E-state index is -0.205. The van der Waals surface area contributed by atoms with Crippen LogP contribution in [0.1, 0.15) is 19.5 Å². The van der Waals surface area contributed by atoms with E-state index >= 15 is 0 Å².